The highest BCUT2D eigenvalue weighted by molar-refractivity contribution is 5.89. The minimum absolute atomic E-state index is 0.149. The number of carbonyl (C=O) groups is 1. The lowest BCUT2D eigenvalue weighted by atomic mass is 9.94. The van der Waals surface area contributed by atoms with Crippen LogP contribution in [0.1, 0.15) is 44.1 Å². The molecule has 1 unspecified atom stereocenters. The van der Waals surface area contributed by atoms with E-state index >= 15 is 0 Å². The summed E-state index contributed by atoms with van der Waals surface area (Å²) in [4.78, 5) is 29.2. The predicted octanol–water partition coefficient (Wildman–Crippen LogP) is 2.11. The van der Waals surface area contributed by atoms with Gasteiger partial charge >= 0.3 is 5.91 Å². The first-order chi connectivity index (χ1) is 11.4. The number of carbonyl (C=O) groups excluding carboxylic acids is 1. The topological polar surface area (TPSA) is 75.4 Å². The van der Waals surface area contributed by atoms with E-state index in [1.54, 1.807) is 29.7 Å². The smallest absolute Gasteiger partial charge is 0.309 e. The lowest BCUT2D eigenvalue weighted by Crippen LogP contribution is -2.54. The fraction of sp³-hybridized carbons (Fsp3) is 0.529. The molecule has 0 radical (unpaired) electrons. The molecule has 128 valence electrons. The van der Waals surface area contributed by atoms with Gasteiger partial charge in [0.2, 0.25) is 0 Å². The maximum absolute atomic E-state index is 12.7. The van der Waals surface area contributed by atoms with Crippen LogP contribution in [0.3, 0.4) is 0 Å². The van der Waals surface area contributed by atoms with Crippen molar-refractivity contribution in [2.75, 3.05) is 24.5 Å². The van der Waals surface area contributed by atoms with E-state index in [1.165, 1.54) is 0 Å². The first-order valence-electron chi connectivity index (χ1n) is 8.14. The zero-order valence-corrected chi connectivity index (χ0v) is 14.6. The number of anilines is 1. The van der Waals surface area contributed by atoms with Crippen molar-refractivity contribution >= 4 is 11.7 Å². The maximum atomic E-state index is 12.7. The molecule has 1 aliphatic heterocycles. The van der Waals surface area contributed by atoms with Crippen molar-refractivity contribution in [2.45, 2.75) is 39.2 Å². The highest BCUT2D eigenvalue weighted by Crippen LogP contribution is 2.24. The van der Waals surface area contributed by atoms with Crippen LogP contribution in [0.4, 0.5) is 5.82 Å². The van der Waals surface area contributed by atoms with Gasteiger partial charge in [0.1, 0.15) is 11.6 Å². The second-order valence-electron chi connectivity index (χ2n) is 7.14. The number of piperazine rings is 1. The first-order valence-corrected chi connectivity index (χ1v) is 8.14. The second-order valence-corrected chi connectivity index (χ2v) is 7.14. The van der Waals surface area contributed by atoms with Crippen LogP contribution in [0.5, 0.6) is 0 Å². The van der Waals surface area contributed by atoms with Gasteiger partial charge < -0.3 is 14.2 Å². The summed E-state index contributed by atoms with van der Waals surface area (Å²) >= 11 is 0. The average Bonchev–Trinajstić information content (AvgIpc) is 3.05. The molecule has 3 rings (SSSR count). The molecular weight excluding hydrogens is 306 g/mol. The van der Waals surface area contributed by atoms with Gasteiger partial charge in [0.05, 0.1) is 12.4 Å². The summed E-state index contributed by atoms with van der Waals surface area (Å²) in [5.41, 5.74) is -0.163. The van der Waals surface area contributed by atoms with E-state index in [9.17, 15) is 4.79 Å². The average molecular weight is 329 g/mol. The lowest BCUT2D eigenvalue weighted by molar-refractivity contribution is 0.0682. The molecule has 0 aromatic carbocycles. The van der Waals surface area contributed by atoms with Gasteiger partial charge in [0.15, 0.2) is 0 Å². The van der Waals surface area contributed by atoms with Crippen molar-refractivity contribution in [3.05, 3.63) is 36.4 Å². The fourth-order valence-corrected chi connectivity index (χ4v) is 2.78. The molecule has 1 amide bonds. The number of amides is 1. The van der Waals surface area contributed by atoms with Crippen LogP contribution in [0.15, 0.2) is 29.2 Å². The Bertz CT molecular complexity index is 707. The number of hydrogen-bond acceptors (Lipinski definition) is 6. The Hall–Kier alpha value is -2.44. The zero-order valence-electron chi connectivity index (χ0n) is 14.6. The maximum Gasteiger partial charge on any atom is 0.309 e. The molecule has 0 aliphatic carbocycles. The summed E-state index contributed by atoms with van der Waals surface area (Å²) in [5.74, 6) is 1.57. The molecule has 1 saturated heterocycles. The number of aromatic nitrogens is 3. The van der Waals surface area contributed by atoms with Gasteiger partial charge in [-0.2, -0.15) is 0 Å². The Balaban J connectivity index is 1.69. The minimum atomic E-state index is -0.163. The van der Waals surface area contributed by atoms with Gasteiger partial charge in [-0.3, -0.25) is 9.78 Å². The van der Waals surface area contributed by atoms with Crippen molar-refractivity contribution in [1.29, 1.82) is 0 Å². The number of oxazole rings is 1. The third kappa shape index (κ3) is 3.25. The third-order valence-corrected chi connectivity index (χ3v) is 4.19. The van der Waals surface area contributed by atoms with Gasteiger partial charge in [0, 0.05) is 43.5 Å². The summed E-state index contributed by atoms with van der Waals surface area (Å²) in [6.45, 7) is 10.1. The quantitative estimate of drug-likeness (QED) is 0.840. The van der Waals surface area contributed by atoms with E-state index in [2.05, 4.69) is 26.8 Å². The van der Waals surface area contributed by atoms with Gasteiger partial charge in [-0.25, -0.2) is 9.97 Å². The molecule has 0 saturated carbocycles. The molecule has 7 nitrogen and oxygen atoms in total. The van der Waals surface area contributed by atoms with Crippen LogP contribution in [0.2, 0.25) is 0 Å². The number of hydrogen-bond donors (Lipinski definition) is 0. The lowest BCUT2D eigenvalue weighted by Gasteiger charge is -2.39. The normalized spacial score (nSPS) is 18.8. The Kier molecular flexibility index (Phi) is 4.26. The largest absolute Gasteiger partial charge is 0.437 e. The van der Waals surface area contributed by atoms with Crippen LogP contribution in [0.25, 0.3) is 0 Å². The summed E-state index contributed by atoms with van der Waals surface area (Å²) in [5, 5.41) is 0. The highest BCUT2D eigenvalue weighted by atomic mass is 16.4. The molecule has 2 aromatic rings. The number of rotatable bonds is 2. The Morgan fingerprint density at radius 2 is 2.00 bits per heavy atom. The van der Waals surface area contributed by atoms with Crippen LogP contribution < -0.4 is 4.90 Å². The van der Waals surface area contributed by atoms with Crippen LogP contribution in [-0.4, -0.2) is 51.4 Å². The van der Waals surface area contributed by atoms with Gasteiger partial charge in [-0.15, -0.1) is 0 Å². The van der Waals surface area contributed by atoms with Crippen LogP contribution in [0, 0.1) is 0 Å². The molecule has 3 heterocycles. The van der Waals surface area contributed by atoms with Crippen molar-refractivity contribution in [3.8, 4) is 0 Å². The van der Waals surface area contributed by atoms with E-state index in [0.717, 1.165) is 11.6 Å². The van der Waals surface area contributed by atoms with Crippen molar-refractivity contribution in [3.63, 3.8) is 0 Å². The third-order valence-electron chi connectivity index (χ3n) is 4.19. The zero-order chi connectivity index (χ0) is 17.3. The van der Waals surface area contributed by atoms with E-state index in [-0.39, 0.29) is 23.3 Å². The molecule has 0 bridgehead atoms. The van der Waals surface area contributed by atoms with Gasteiger partial charge in [0.25, 0.3) is 5.89 Å². The molecular formula is C17H23N5O2. The molecule has 24 heavy (non-hydrogen) atoms. The SMILES string of the molecule is CC1CN(C(=O)c2ncc(C(C)(C)C)o2)CCN1c1cnccn1. The molecule has 0 spiro atoms. The molecule has 1 atom stereocenters. The van der Waals surface area contributed by atoms with Crippen molar-refractivity contribution in [1.82, 2.24) is 19.9 Å². The van der Waals surface area contributed by atoms with Crippen LogP contribution >= 0.6 is 0 Å². The summed E-state index contributed by atoms with van der Waals surface area (Å²) in [6, 6.07) is 0.149. The van der Waals surface area contributed by atoms with E-state index in [4.69, 9.17) is 4.42 Å². The van der Waals surface area contributed by atoms with Crippen LogP contribution in [-0.2, 0) is 5.41 Å². The van der Waals surface area contributed by atoms with E-state index in [0.29, 0.717) is 19.6 Å². The summed E-state index contributed by atoms with van der Waals surface area (Å²) < 4.78 is 5.67. The molecule has 1 aliphatic rings. The first kappa shape index (κ1) is 16.4. The minimum Gasteiger partial charge on any atom is -0.437 e. The summed E-state index contributed by atoms with van der Waals surface area (Å²) in [7, 11) is 0. The Morgan fingerprint density at radius 3 is 2.58 bits per heavy atom. The van der Waals surface area contributed by atoms with E-state index < -0.39 is 0 Å². The molecule has 2 aromatic heterocycles. The molecule has 7 heteroatoms. The monoisotopic (exact) mass is 329 g/mol. The fourth-order valence-electron chi connectivity index (χ4n) is 2.78. The second kappa shape index (κ2) is 6.22. The number of nitrogens with zero attached hydrogens (tertiary/aromatic N) is 5. The Morgan fingerprint density at radius 1 is 1.21 bits per heavy atom. The highest BCUT2D eigenvalue weighted by Gasteiger charge is 2.31. The predicted molar refractivity (Wildman–Crippen MR) is 89.9 cm³/mol. The van der Waals surface area contributed by atoms with Crippen molar-refractivity contribution < 1.29 is 9.21 Å². The standard InChI is InChI=1S/C17H23N5O2/c1-12-11-21(7-8-22(12)14-10-18-5-6-19-14)16(23)15-20-9-13(24-15)17(2,3)4/h5-6,9-10,12H,7-8,11H2,1-4H3. The molecule has 1 fully saturated rings. The van der Waals surface area contributed by atoms with Gasteiger partial charge in [-0.05, 0) is 6.92 Å². The summed E-state index contributed by atoms with van der Waals surface area (Å²) in [6.07, 6.45) is 6.73. The van der Waals surface area contributed by atoms with Crippen molar-refractivity contribution in [2.24, 2.45) is 0 Å². The van der Waals surface area contributed by atoms with Gasteiger partial charge in [-0.1, -0.05) is 20.8 Å². The Labute approximate surface area is 141 Å². The van der Waals surface area contributed by atoms with E-state index in [1.807, 2.05) is 20.8 Å². The molecule has 0 N–H and O–H groups in total.